The number of nitrogens with zero attached hydrogens (tertiary/aromatic N) is 7. The van der Waals surface area contributed by atoms with Gasteiger partial charge < -0.3 is 14.2 Å². The third-order valence-electron chi connectivity index (χ3n) is 5.94. The van der Waals surface area contributed by atoms with Crippen LogP contribution in [0.5, 0.6) is 11.8 Å². The van der Waals surface area contributed by atoms with E-state index in [9.17, 15) is 17.2 Å². The number of ether oxygens (including phenoxy) is 3. The SMILES string of the molecule is COc1ncnc(OC)c1-n1c(NS(=O)(=O)C(C)C(OC)c2ncc(Cl)cn2)nnc1C1CCC1(F)F. The van der Waals surface area contributed by atoms with Crippen LogP contribution < -0.4 is 14.2 Å². The summed E-state index contributed by atoms with van der Waals surface area (Å²) < 4.78 is 75.1. The first kappa shape index (κ1) is 26.8. The first-order valence-corrected chi connectivity index (χ1v) is 12.7. The second-order valence-electron chi connectivity index (χ2n) is 8.08. The Balaban J connectivity index is 1.80. The number of nitrogens with one attached hydrogen (secondary N) is 1. The monoisotopic (exact) mass is 560 g/mol. The molecule has 0 aliphatic heterocycles. The molecule has 4 rings (SSSR count). The quantitative estimate of drug-likeness (QED) is 0.388. The smallest absolute Gasteiger partial charge is 0.258 e. The minimum Gasteiger partial charge on any atom is -0.479 e. The third kappa shape index (κ3) is 5.00. The van der Waals surface area contributed by atoms with Crippen LogP contribution in [0.25, 0.3) is 5.69 Å². The molecule has 13 nitrogen and oxygen atoms in total. The van der Waals surface area contributed by atoms with E-state index in [1.807, 2.05) is 0 Å². The summed E-state index contributed by atoms with van der Waals surface area (Å²) in [6.07, 6.45) is 2.40. The van der Waals surface area contributed by atoms with Gasteiger partial charge in [0.05, 0.1) is 25.2 Å². The maximum Gasteiger partial charge on any atom is 0.258 e. The van der Waals surface area contributed by atoms with Gasteiger partial charge in [-0.15, -0.1) is 10.2 Å². The van der Waals surface area contributed by atoms with Crippen molar-refractivity contribution in [3.05, 3.63) is 35.4 Å². The fourth-order valence-electron chi connectivity index (χ4n) is 3.83. The lowest BCUT2D eigenvalue weighted by Crippen LogP contribution is -2.38. The fraction of sp³-hybridized carbons (Fsp3) is 0.500. The second-order valence-corrected chi connectivity index (χ2v) is 10.6. The molecule has 0 radical (unpaired) electrons. The largest absolute Gasteiger partial charge is 0.479 e. The van der Waals surface area contributed by atoms with E-state index in [1.165, 1.54) is 40.6 Å². The summed E-state index contributed by atoms with van der Waals surface area (Å²) in [5, 5.41) is 6.78. The predicted octanol–water partition coefficient (Wildman–Crippen LogP) is 2.55. The highest BCUT2D eigenvalue weighted by Crippen LogP contribution is 2.50. The first-order chi connectivity index (χ1) is 17.5. The Morgan fingerprint density at radius 3 is 2.22 bits per heavy atom. The summed E-state index contributed by atoms with van der Waals surface area (Å²) in [5.41, 5.74) is -0.0510. The highest BCUT2D eigenvalue weighted by molar-refractivity contribution is 7.93. The number of rotatable bonds is 10. The average Bonchev–Trinajstić information content (AvgIpc) is 3.25. The van der Waals surface area contributed by atoms with Gasteiger partial charge >= 0.3 is 0 Å². The van der Waals surface area contributed by atoms with Gasteiger partial charge in [-0.3, -0.25) is 9.29 Å². The van der Waals surface area contributed by atoms with Crippen molar-refractivity contribution in [1.29, 1.82) is 0 Å². The van der Waals surface area contributed by atoms with Crippen LogP contribution in [0.15, 0.2) is 18.7 Å². The summed E-state index contributed by atoms with van der Waals surface area (Å²) in [7, 11) is -0.407. The normalized spacial score (nSPS) is 18.5. The van der Waals surface area contributed by atoms with Gasteiger partial charge in [-0.25, -0.2) is 27.2 Å². The molecule has 3 heterocycles. The number of halogens is 3. The maximum absolute atomic E-state index is 14.4. The number of hydrogen-bond donors (Lipinski definition) is 1. The van der Waals surface area contributed by atoms with E-state index in [0.29, 0.717) is 0 Å². The van der Waals surface area contributed by atoms with E-state index in [1.54, 1.807) is 0 Å². The van der Waals surface area contributed by atoms with Crippen molar-refractivity contribution in [1.82, 2.24) is 34.7 Å². The summed E-state index contributed by atoms with van der Waals surface area (Å²) in [6.45, 7) is 1.36. The van der Waals surface area contributed by atoms with Gasteiger partial charge in [0, 0.05) is 25.9 Å². The van der Waals surface area contributed by atoms with Gasteiger partial charge in [-0.1, -0.05) is 11.6 Å². The minimum atomic E-state index is -4.30. The zero-order valence-electron chi connectivity index (χ0n) is 20.1. The van der Waals surface area contributed by atoms with E-state index in [0.717, 1.165) is 10.9 Å². The molecule has 37 heavy (non-hydrogen) atoms. The predicted molar refractivity (Wildman–Crippen MR) is 126 cm³/mol. The topological polar surface area (TPSA) is 156 Å². The Bertz CT molecular complexity index is 1350. The van der Waals surface area contributed by atoms with Crippen molar-refractivity contribution in [2.75, 3.05) is 26.1 Å². The minimum absolute atomic E-state index is 0.0510. The molecule has 1 saturated carbocycles. The summed E-state index contributed by atoms with van der Waals surface area (Å²) in [4.78, 5) is 16.1. The summed E-state index contributed by atoms with van der Waals surface area (Å²) >= 11 is 5.83. The zero-order valence-corrected chi connectivity index (χ0v) is 21.7. The van der Waals surface area contributed by atoms with Crippen LogP contribution in [0.4, 0.5) is 14.7 Å². The standard InChI is InChI=1S/C20H23ClF2N8O5S/c1-10(14(34-2)15-24-7-11(21)8-25-15)37(32,33)30-19-29-28-16(12-5-6-20(12,22)23)31(19)13-17(35-3)26-9-27-18(13)36-4/h7-10,12,14H,5-6H2,1-4H3,(H,29,30). The summed E-state index contributed by atoms with van der Waals surface area (Å²) in [5.74, 6) is -5.10. The van der Waals surface area contributed by atoms with Crippen molar-refractivity contribution >= 4 is 27.6 Å². The molecule has 0 bridgehead atoms. The van der Waals surface area contributed by atoms with Crippen molar-refractivity contribution < 1.29 is 31.4 Å². The molecule has 3 unspecified atom stereocenters. The van der Waals surface area contributed by atoms with Gasteiger partial charge in [-0.05, 0) is 13.3 Å². The molecule has 200 valence electrons. The van der Waals surface area contributed by atoms with Crippen molar-refractivity contribution in [3.63, 3.8) is 0 Å². The van der Waals surface area contributed by atoms with Crippen LogP contribution in [-0.2, 0) is 14.8 Å². The number of anilines is 1. The summed E-state index contributed by atoms with van der Waals surface area (Å²) in [6, 6.07) is 0. The highest BCUT2D eigenvalue weighted by Gasteiger charge is 2.52. The van der Waals surface area contributed by atoms with Gasteiger partial charge in [0.1, 0.15) is 23.5 Å². The second kappa shape index (κ2) is 10.3. The molecular weight excluding hydrogens is 538 g/mol. The third-order valence-corrected chi connectivity index (χ3v) is 7.83. The van der Waals surface area contributed by atoms with Crippen molar-refractivity contribution in [3.8, 4) is 17.4 Å². The maximum atomic E-state index is 14.4. The molecule has 1 aliphatic carbocycles. The van der Waals surface area contributed by atoms with E-state index in [2.05, 4.69) is 34.9 Å². The molecule has 1 fully saturated rings. The van der Waals surface area contributed by atoms with Crippen molar-refractivity contribution in [2.24, 2.45) is 0 Å². The van der Waals surface area contributed by atoms with Crippen LogP contribution in [0.1, 0.15) is 43.4 Å². The van der Waals surface area contributed by atoms with E-state index in [4.69, 9.17) is 25.8 Å². The Labute approximate surface area is 215 Å². The lowest BCUT2D eigenvalue weighted by molar-refractivity contribution is -0.0994. The first-order valence-electron chi connectivity index (χ1n) is 10.8. The van der Waals surface area contributed by atoms with Gasteiger partial charge in [0.2, 0.25) is 27.7 Å². The molecule has 1 aliphatic rings. The van der Waals surface area contributed by atoms with Gasteiger partial charge in [-0.2, -0.15) is 9.97 Å². The highest BCUT2D eigenvalue weighted by atomic mass is 35.5. The number of sulfonamides is 1. The molecule has 0 aromatic carbocycles. The van der Waals surface area contributed by atoms with Crippen LogP contribution >= 0.6 is 11.6 Å². The van der Waals surface area contributed by atoms with E-state index in [-0.39, 0.29) is 47.0 Å². The zero-order chi connectivity index (χ0) is 27.0. The van der Waals surface area contributed by atoms with Gasteiger partial charge in [0.15, 0.2) is 11.5 Å². The molecular formula is C20H23ClF2N8O5S. The lowest BCUT2D eigenvalue weighted by atomic mass is 9.80. The molecule has 3 aromatic rings. The number of hydrogen-bond acceptors (Lipinski definition) is 11. The van der Waals surface area contributed by atoms with Crippen LogP contribution in [0.2, 0.25) is 5.02 Å². The fourth-order valence-corrected chi connectivity index (χ4v) is 5.06. The Hall–Kier alpha value is -3.24. The van der Waals surface area contributed by atoms with Crippen LogP contribution in [0.3, 0.4) is 0 Å². The van der Waals surface area contributed by atoms with Crippen LogP contribution in [-0.4, -0.2) is 75.6 Å². The lowest BCUT2D eigenvalue weighted by Gasteiger charge is -2.35. The Morgan fingerprint density at radius 1 is 1.11 bits per heavy atom. The molecule has 0 saturated heterocycles. The van der Waals surface area contributed by atoms with Crippen molar-refractivity contribution in [2.45, 2.75) is 43.0 Å². The molecule has 1 N–H and O–H groups in total. The average molecular weight is 561 g/mol. The van der Waals surface area contributed by atoms with E-state index < -0.39 is 39.2 Å². The number of alkyl halides is 2. The number of aromatic nitrogens is 7. The molecule has 17 heteroatoms. The van der Waals surface area contributed by atoms with Crippen LogP contribution in [0, 0.1) is 0 Å². The van der Waals surface area contributed by atoms with Gasteiger partial charge in [0.25, 0.3) is 5.92 Å². The molecule has 3 aromatic heterocycles. The Kier molecular flexibility index (Phi) is 7.43. The molecule has 0 spiro atoms. The number of methoxy groups -OCH3 is 3. The molecule has 0 amide bonds. The molecule has 3 atom stereocenters. The Morgan fingerprint density at radius 2 is 1.73 bits per heavy atom. The van der Waals surface area contributed by atoms with E-state index >= 15 is 0 Å².